The van der Waals surface area contributed by atoms with E-state index in [9.17, 15) is 14.9 Å². The summed E-state index contributed by atoms with van der Waals surface area (Å²) in [5, 5.41) is 12.1. The third-order valence-corrected chi connectivity index (χ3v) is 5.86. The van der Waals surface area contributed by atoms with Crippen LogP contribution in [0.5, 0.6) is 11.5 Å². The molecule has 9 nitrogen and oxygen atoms in total. The van der Waals surface area contributed by atoms with Crippen LogP contribution in [0.4, 0.5) is 5.69 Å². The molecule has 0 N–H and O–H groups in total. The van der Waals surface area contributed by atoms with Gasteiger partial charge in [0.05, 0.1) is 24.2 Å². The van der Waals surface area contributed by atoms with Crippen molar-refractivity contribution in [3.8, 4) is 11.5 Å². The van der Waals surface area contributed by atoms with Crippen molar-refractivity contribution in [3.05, 3.63) is 86.0 Å². The quantitative estimate of drug-likeness (QED) is 0.329. The predicted molar refractivity (Wildman–Crippen MR) is 120 cm³/mol. The van der Waals surface area contributed by atoms with E-state index < -0.39 is 10.5 Å². The Labute approximate surface area is 188 Å². The summed E-state index contributed by atoms with van der Waals surface area (Å²) in [4.78, 5) is 24.8. The molecule has 1 aromatic heterocycles. The molecule has 2 aliphatic heterocycles. The lowest BCUT2D eigenvalue weighted by atomic mass is 10.0. The number of ether oxygens (including phenoxy) is 3. The van der Waals surface area contributed by atoms with E-state index in [1.807, 2.05) is 25.1 Å². The fraction of sp³-hybridized carbons (Fsp3) is 0.292. The normalized spacial score (nSPS) is 19.4. The van der Waals surface area contributed by atoms with Gasteiger partial charge < -0.3 is 18.6 Å². The van der Waals surface area contributed by atoms with Crippen molar-refractivity contribution in [2.45, 2.75) is 13.0 Å². The number of fused-ring (bicyclic) bond motifs is 2. The van der Waals surface area contributed by atoms with Crippen LogP contribution in [0.2, 0.25) is 0 Å². The third kappa shape index (κ3) is 4.20. The number of nitrogens with zero attached hydrogens (tertiary/aromatic N) is 2. The van der Waals surface area contributed by atoms with Crippen molar-refractivity contribution >= 4 is 16.7 Å². The molecule has 1 unspecified atom stereocenters. The Kier molecular flexibility index (Phi) is 5.57. The largest absolute Gasteiger partial charge is 0.489 e. The molecule has 3 heterocycles. The molecular weight excluding hydrogens is 428 g/mol. The topological polar surface area (TPSA) is 104 Å². The lowest BCUT2D eigenvalue weighted by molar-refractivity contribution is -0.384. The Bertz CT molecular complexity index is 1310. The molecular formula is C24H22N2O7. The first-order valence-electron chi connectivity index (χ1n) is 10.6. The minimum atomic E-state index is -0.404. The SMILES string of the molecule is Cc1cc(=O)oc2cc(OCC=C3Oc4ccc([N+](=O)[O-])cc4C3N3CCOCC3)ccc12. The van der Waals surface area contributed by atoms with Crippen LogP contribution >= 0.6 is 0 Å². The van der Waals surface area contributed by atoms with E-state index in [1.165, 1.54) is 12.1 Å². The monoisotopic (exact) mass is 450 g/mol. The molecule has 3 aromatic rings. The minimum absolute atomic E-state index is 0.0288. The fourth-order valence-electron chi connectivity index (χ4n) is 4.27. The Morgan fingerprint density at radius 3 is 2.79 bits per heavy atom. The number of rotatable bonds is 5. The Morgan fingerprint density at radius 2 is 2.00 bits per heavy atom. The third-order valence-electron chi connectivity index (χ3n) is 5.86. The predicted octanol–water partition coefficient (Wildman–Crippen LogP) is 3.74. The zero-order valence-electron chi connectivity index (χ0n) is 18.0. The van der Waals surface area contributed by atoms with Crippen LogP contribution in [0, 0.1) is 17.0 Å². The molecule has 0 spiro atoms. The van der Waals surface area contributed by atoms with Gasteiger partial charge in [-0.05, 0) is 36.8 Å². The second kappa shape index (κ2) is 8.68. The fourth-order valence-corrected chi connectivity index (χ4v) is 4.27. The van der Waals surface area contributed by atoms with E-state index in [-0.39, 0.29) is 18.3 Å². The smallest absolute Gasteiger partial charge is 0.336 e. The molecule has 33 heavy (non-hydrogen) atoms. The second-order valence-electron chi connectivity index (χ2n) is 7.96. The van der Waals surface area contributed by atoms with Crippen LogP contribution < -0.4 is 15.1 Å². The number of non-ortho nitro benzene ring substituents is 1. The number of benzene rings is 2. The van der Waals surface area contributed by atoms with Crippen LogP contribution in [-0.4, -0.2) is 42.7 Å². The van der Waals surface area contributed by atoms with Gasteiger partial charge in [0.1, 0.15) is 29.4 Å². The summed E-state index contributed by atoms with van der Waals surface area (Å²) in [5.74, 6) is 1.82. The first-order valence-corrected chi connectivity index (χ1v) is 10.6. The standard InChI is InChI=1S/C24H22N2O7/c1-15-12-23(27)33-22-14-17(3-4-18(15)22)31-9-6-21-24(25-7-10-30-11-8-25)19-13-16(26(28)29)2-5-20(19)32-21/h2-6,12-14,24H,7-11H2,1H3. The van der Waals surface area contributed by atoms with Crippen molar-refractivity contribution in [3.63, 3.8) is 0 Å². The lowest BCUT2D eigenvalue weighted by Crippen LogP contribution is -2.39. The van der Waals surface area contributed by atoms with E-state index in [1.54, 1.807) is 18.2 Å². The summed E-state index contributed by atoms with van der Waals surface area (Å²) in [6.07, 6.45) is 1.84. The average Bonchev–Trinajstić information content (AvgIpc) is 3.16. The first kappa shape index (κ1) is 21.2. The number of aryl methyl sites for hydroxylation is 1. The molecule has 9 heteroatoms. The van der Waals surface area contributed by atoms with Crippen LogP contribution in [0.15, 0.2) is 63.5 Å². The highest BCUT2D eigenvalue weighted by molar-refractivity contribution is 5.81. The molecule has 1 saturated heterocycles. The van der Waals surface area contributed by atoms with Crippen molar-refractivity contribution in [2.24, 2.45) is 0 Å². The first-order chi connectivity index (χ1) is 16.0. The number of hydrogen-bond donors (Lipinski definition) is 0. The van der Waals surface area contributed by atoms with Gasteiger partial charge in [-0.15, -0.1) is 0 Å². The molecule has 170 valence electrons. The Morgan fingerprint density at radius 1 is 1.18 bits per heavy atom. The molecule has 0 radical (unpaired) electrons. The van der Waals surface area contributed by atoms with E-state index in [4.69, 9.17) is 18.6 Å². The highest BCUT2D eigenvalue weighted by atomic mass is 16.6. The molecule has 2 aliphatic rings. The molecule has 0 bridgehead atoms. The van der Waals surface area contributed by atoms with Gasteiger partial charge in [0, 0.05) is 48.3 Å². The molecule has 2 aromatic carbocycles. The van der Waals surface area contributed by atoms with Gasteiger partial charge in [-0.25, -0.2) is 4.79 Å². The molecule has 5 rings (SSSR count). The zero-order chi connectivity index (χ0) is 22.9. The summed E-state index contributed by atoms with van der Waals surface area (Å²) in [7, 11) is 0. The van der Waals surface area contributed by atoms with E-state index in [0.717, 1.165) is 16.5 Å². The van der Waals surface area contributed by atoms with Gasteiger partial charge >= 0.3 is 5.63 Å². The minimum Gasteiger partial charge on any atom is -0.489 e. The number of nitro groups is 1. The van der Waals surface area contributed by atoms with Crippen LogP contribution in [-0.2, 0) is 4.74 Å². The van der Waals surface area contributed by atoms with Crippen LogP contribution in [0.3, 0.4) is 0 Å². The molecule has 1 fully saturated rings. The van der Waals surface area contributed by atoms with Crippen molar-refractivity contribution in [1.29, 1.82) is 0 Å². The van der Waals surface area contributed by atoms with Crippen molar-refractivity contribution in [1.82, 2.24) is 4.90 Å². The maximum absolute atomic E-state index is 11.7. The summed E-state index contributed by atoms with van der Waals surface area (Å²) in [6.45, 7) is 4.64. The van der Waals surface area contributed by atoms with Gasteiger partial charge in [-0.3, -0.25) is 15.0 Å². The zero-order valence-corrected chi connectivity index (χ0v) is 18.0. The van der Waals surface area contributed by atoms with Crippen LogP contribution in [0.1, 0.15) is 17.2 Å². The van der Waals surface area contributed by atoms with Crippen molar-refractivity contribution < 1.29 is 23.6 Å². The second-order valence-corrected chi connectivity index (χ2v) is 7.96. The molecule has 0 aliphatic carbocycles. The average molecular weight is 450 g/mol. The highest BCUT2D eigenvalue weighted by Gasteiger charge is 2.36. The van der Waals surface area contributed by atoms with E-state index >= 15 is 0 Å². The summed E-state index contributed by atoms with van der Waals surface area (Å²) < 4.78 is 22.7. The maximum atomic E-state index is 11.7. The highest BCUT2D eigenvalue weighted by Crippen LogP contribution is 2.44. The Balaban J connectivity index is 1.40. The number of morpholine rings is 1. The summed E-state index contributed by atoms with van der Waals surface area (Å²) in [6, 6.07) is 11.2. The van der Waals surface area contributed by atoms with E-state index in [0.29, 0.717) is 49.1 Å². The summed E-state index contributed by atoms with van der Waals surface area (Å²) >= 11 is 0. The lowest BCUT2D eigenvalue weighted by Gasteiger charge is -2.32. The molecule has 0 amide bonds. The van der Waals surface area contributed by atoms with Gasteiger partial charge in [0.15, 0.2) is 0 Å². The van der Waals surface area contributed by atoms with Crippen LogP contribution in [0.25, 0.3) is 11.0 Å². The van der Waals surface area contributed by atoms with Gasteiger partial charge in [0.25, 0.3) is 5.69 Å². The van der Waals surface area contributed by atoms with Gasteiger partial charge in [-0.1, -0.05) is 0 Å². The van der Waals surface area contributed by atoms with E-state index in [2.05, 4.69) is 4.90 Å². The van der Waals surface area contributed by atoms with Gasteiger partial charge in [0.2, 0.25) is 0 Å². The maximum Gasteiger partial charge on any atom is 0.336 e. The van der Waals surface area contributed by atoms with Crippen molar-refractivity contribution in [2.75, 3.05) is 32.9 Å². The number of hydrogen-bond acceptors (Lipinski definition) is 8. The molecule has 1 atom stereocenters. The summed E-state index contributed by atoms with van der Waals surface area (Å²) in [5.41, 5.74) is 1.70. The Hall–Kier alpha value is -3.69. The number of nitro benzene ring substituents is 1. The molecule has 0 saturated carbocycles. The van der Waals surface area contributed by atoms with Gasteiger partial charge in [-0.2, -0.15) is 0 Å².